The van der Waals surface area contributed by atoms with Gasteiger partial charge >= 0.3 is 0 Å². The third-order valence-electron chi connectivity index (χ3n) is 2.23. The molecule has 0 radical (unpaired) electrons. The van der Waals surface area contributed by atoms with Gasteiger partial charge in [-0.3, -0.25) is 0 Å². The summed E-state index contributed by atoms with van der Waals surface area (Å²) in [4.78, 5) is 0. The first-order valence-corrected chi connectivity index (χ1v) is 2.94. The Hall–Kier alpha value is -0.0400. The van der Waals surface area contributed by atoms with E-state index < -0.39 is 0 Å². The highest BCUT2D eigenvalue weighted by molar-refractivity contribution is 5.01. The van der Waals surface area contributed by atoms with Crippen LogP contribution in [0.2, 0.25) is 0 Å². The van der Waals surface area contributed by atoms with Gasteiger partial charge in [0.2, 0.25) is 0 Å². The fourth-order valence-corrected chi connectivity index (χ4v) is 0.850. The van der Waals surface area contributed by atoms with Crippen LogP contribution in [0.1, 0.15) is 26.7 Å². The second kappa shape index (κ2) is 1.22. The van der Waals surface area contributed by atoms with E-state index in [9.17, 15) is 0 Å². The lowest BCUT2D eigenvalue weighted by Crippen LogP contribution is -2.08. The zero-order valence-corrected chi connectivity index (χ0v) is 5.07. The predicted octanol–water partition coefficient (Wildman–Crippen LogP) is 1.13. The van der Waals surface area contributed by atoms with Gasteiger partial charge in [0, 0.05) is 6.04 Å². The molecule has 0 aromatic heterocycles. The summed E-state index contributed by atoms with van der Waals surface area (Å²) >= 11 is 0. The number of hydrogen-bond acceptors (Lipinski definition) is 1. The first-order valence-electron chi connectivity index (χ1n) is 2.94. The Morgan fingerprint density at radius 2 is 2.29 bits per heavy atom. The van der Waals surface area contributed by atoms with E-state index in [1.54, 1.807) is 0 Å². The Morgan fingerprint density at radius 3 is 2.29 bits per heavy atom. The molecule has 1 rings (SSSR count). The van der Waals surface area contributed by atoms with E-state index >= 15 is 0 Å². The fourth-order valence-electron chi connectivity index (χ4n) is 0.850. The SMILES string of the molecule is CC[C@@]1(C)C[C@@H]1N. The average Bonchev–Trinajstić information content (AvgIpc) is 2.18. The summed E-state index contributed by atoms with van der Waals surface area (Å²) in [6.07, 6.45) is 2.48. The molecule has 0 saturated heterocycles. The van der Waals surface area contributed by atoms with Gasteiger partial charge in [-0.1, -0.05) is 13.8 Å². The summed E-state index contributed by atoms with van der Waals surface area (Å²) in [7, 11) is 0. The summed E-state index contributed by atoms with van der Waals surface area (Å²) in [5, 5.41) is 0. The molecule has 0 unspecified atom stereocenters. The van der Waals surface area contributed by atoms with Gasteiger partial charge in [0.05, 0.1) is 0 Å². The predicted molar refractivity (Wildman–Crippen MR) is 31.0 cm³/mol. The highest BCUT2D eigenvalue weighted by Crippen LogP contribution is 2.46. The molecule has 42 valence electrons. The quantitative estimate of drug-likeness (QED) is 0.524. The van der Waals surface area contributed by atoms with Gasteiger partial charge < -0.3 is 5.73 Å². The molecule has 1 nitrogen and oxygen atoms in total. The molecule has 0 aromatic carbocycles. The molecule has 1 heteroatoms. The topological polar surface area (TPSA) is 26.0 Å². The van der Waals surface area contributed by atoms with Crippen LogP contribution in [-0.4, -0.2) is 6.04 Å². The Kier molecular flexibility index (Phi) is 0.890. The fraction of sp³-hybridized carbons (Fsp3) is 1.00. The van der Waals surface area contributed by atoms with Gasteiger partial charge in [0.1, 0.15) is 0 Å². The number of nitrogens with two attached hydrogens (primary N) is 1. The van der Waals surface area contributed by atoms with Crippen molar-refractivity contribution in [1.82, 2.24) is 0 Å². The molecular formula is C6H13N. The van der Waals surface area contributed by atoms with E-state index in [-0.39, 0.29) is 0 Å². The standard InChI is InChI=1S/C6H13N/c1-3-6(2)4-5(6)7/h5H,3-4,7H2,1-2H3/t5-,6-/m0/s1. The van der Waals surface area contributed by atoms with E-state index in [4.69, 9.17) is 5.73 Å². The van der Waals surface area contributed by atoms with Crippen molar-refractivity contribution < 1.29 is 0 Å². The minimum Gasteiger partial charge on any atom is -0.327 e. The second-order valence-electron chi connectivity index (χ2n) is 2.82. The van der Waals surface area contributed by atoms with Crippen LogP contribution in [0.5, 0.6) is 0 Å². The lowest BCUT2D eigenvalue weighted by atomic mass is 10.1. The molecule has 0 aromatic rings. The van der Waals surface area contributed by atoms with Crippen LogP contribution in [0.25, 0.3) is 0 Å². The highest BCUT2D eigenvalue weighted by Gasteiger charge is 2.45. The maximum Gasteiger partial charge on any atom is 0.00991 e. The van der Waals surface area contributed by atoms with E-state index in [0.717, 1.165) is 0 Å². The van der Waals surface area contributed by atoms with Gasteiger partial charge in [0.15, 0.2) is 0 Å². The minimum atomic E-state index is 0.512. The van der Waals surface area contributed by atoms with Crippen molar-refractivity contribution in [2.24, 2.45) is 11.1 Å². The number of hydrogen-bond donors (Lipinski definition) is 1. The maximum absolute atomic E-state index is 5.61. The van der Waals surface area contributed by atoms with Crippen molar-refractivity contribution in [1.29, 1.82) is 0 Å². The van der Waals surface area contributed by atoms with Gasteiger partial charge in [-0.2, -0.15) is 0 Å². The van der Waals surface area contributed by atoms with E-state index in [1.807, 2.05) is 0 Å². The molecule has 7 heavy (non-hydrogen) atoms. The molecule has 1 fully saturated rings. The molecule has 2 atom stereocenters. The molecule has 0 amide bonds. The molecule has 0 spiro atoms. The normalized spacial score (nSPS) is 49.3. The summed E-state index contributed by atoms with van der Waals surface area (Å²) in [5.41, 5.74) is 6.14. The number of rotatable bonds is 1. The van der Waals surface area contributed by atoms with Crippen LogP contribution in [0.3, 0.4) is 0 Å². The zero-order chi connectivity index (χ0) is 5.49. The Bertz CT molecular complexity index is 76.2. The summed E-state index contributed by atoms with van der Waals surface area (Å²) in [6.45, 7) is 4.45. The monoisotopic (exact) mass is 99.1 g/mol. The second-order valence-corrected chi connectivity index (χ2v) is 2.82. The van der Waals surface area contributed by atoms with Crippen LogP contribution in [0.4, 0.5) is 0 Å². The summed E-state index contributed by atoms with van der Waals surface area (Å²) < 4.78 is 0. The molecule has 0 aliphatic heterocycles. The van der Waals surface area contributed by atoms with Crippen LogP contribution in [0, 0.1) is 5.41 Å². The first-order chi connectivity index (χ1) is 3.19. The van der Waals surface area contributed by atoms with Crippen molar-refractivity contribution in [2.75, 3.05) is 0 Å². The van der Waals surface area contributed by atoms with Gasteiger partial charge in [-0.15, -0.1) is 0 Å². The molecule has 1 aliphatic rings. The molecule has 1 aliphatic carbocycles. The van der Waals surface area contributed by atoms with Crippen molar-refractivity contribution in [3.05, 3.63) is 0 Å². The molecular weight excluding hydrogens is 86.1 g/mol. The third-order valence-corrected chi connectivity index (χ3v) is 2.23. The van der Waals surface area contributed by atoms with Crippen LogP contribution >= 0.6 is 0 Å². The Morgan fingerprint density at radius 1 is 1.86 bits per heavy atom. The third kappa shape index (κ3) is 0.653. The van der Waals surface area contributed by atoms with Crippen molar-refractivity contribution in [3.63, 3.8) is 0 Å². The zero-order valence-electron chi connectivity index (χ0n) is 5.07. The van der Waals surface area contributed by atoms with E-state index in [1.165, 1.54) is 12.8 Å². The van der Waals surface area contributed by atoms with Crippen molar-refractivity contribution in [2.45, 2.75) is 32.7 Å². The Labute approximate surface area is 44.9 Å². The van der Waals surface area contributed by atoms with Gasteiger partial charge in [-0.05, 0) is 18.3 Å². The van der Waals surface area contributed by atoms with E-state index in [2.05, 4.69) is 13.8 Å². The molecule has 1 saturated carbocycles. The average molecular weight is 99.2 g/mol. The summed E-state index contributed by atoms with van der Waals surface area (Å²) in [6, 6.07) is 0.512. The van der Waals surface area contributed by atoms with Gasteiger partial charge in [-0.25, -0.2) is 0 Å². The molecule has 0 heterocycles. The van der Waals surface area contributed by atoms with Crippen molar-refractivity contribution in [3.8, 4) is 0 Å². The molecule has 2 N–H and O–H groups in total. The summed E-state index contributed by atoms with van der Waals surface area (Å²) in [5.74, 6) is 0. The van der Waals surface area contributed by atoms with Gasteiger partial charge in [0.25, 0.3) is 0 Å². The lowest BCUT2D eigenvalue weighted by Gasteiger charge is -2.00. The Balaban J connectivity index is 2.36. The maximum atomic E-state index is 5.61. The van der Waals surface area contributed by atoms with E-state index in [0.29, 0.717) is 11.5 Å². The largest absolute Gasteiger partial charge is 0.327 e. The lowest BCUT2D eigenvalue weighted by molar-refractivity contribution is 0.526. The van der Waals surface area contributed by atoms with Crippen LogP contribution in [0.15, 0.2) is 0 Å². The van der Waals surface area contributed by atoms with Crippen LogP contribution in [-0.2, 0) is 0 Å². The molecule has 0 bridgehead atoms. The smallest absolute Gasteiger partial charge is 0.00991 e. The minimum absolute atomic E-state index is 0.512. The van der Waals surface area contributed by atoms with Crippen molar-refractivity contribution >= 4 is 0 Å². The van der Waals surface area contributed by atoms with Crippen LogP contribution < -0.4 is 5.73 Å². The highest BCUT2D eigenvalue weighted by atomic mass is 14.8. The first kappa shape index (κ1) is 5.10.